The molecule has 2 atom stereocenters. The Hall–Kier alpha value is -3.54. The quantitative estimate of drug-likeness (QED) is 0.422. The van der Waals surface area contributed by atoms with E-state index in [9.17, 15) is 9.18 Å². The van der Waals surface area contributed by atoms with Gasteiger partial charge in [-0.25, -0.2) is 4.39 Å². The Balaban J connectivity index is 1.79. The third-order valence-corrected chi connectivity index (χ3v) is 6.36. The lowest BCUT2D eigenvalue weighted by Gasteiger charge is -2.46. The van der Waals surface area contributed by atoms with E-state index in [0.717, 1.165) is 22.4 Å². The predicted molar refractivity (Wildman–Crippen MR) is 130 cm³/mol. The fraction of sp³-hybridized carbons (Fsp3) is 0.321. The summed E-state index contributed by atoms with van der Waals surface area (Å²) in [4.78, 5) is 12.1. The van der Waals surface area contributed by atoms with Crippen molar-refractivity contribution in [1.29, 1.82) is 0 Å². The molecule has 0 bridgehead atoms. The van der Waals surface area contributed by atoms with Gasteiger partial charge < -0.3 is 19.5 Å². The molecule has 1 N–H and O–H groups in total. The lowest BCUT2D eigenvalue weighted by molar-refractivity contribution is -0.154. The monoisotopic (exact) mass is 463 g/mol. The standard InChI is InChI=1S/C28H30FNO4/c1-17-13-14-23-21(15-17)27(34-18(2)31)28(3,4)26(30-23)20-10-8-12-24(32-5)25(20)33-16-19-9-6-7-11-22(19)29/h6-15,26-27,30H,16H2,1-5H3/t26-,27-/m1/s1. The second-order valence-electron chi connectivity index (χ2n) is 9.24. The van der Waals surface area contributed by atoms with Crippen molar-refractivity contribution in [3.8, 4) is 11.5 Å². The van der Waals surface area contributed by atoms with Crippen molar-refractivity contribution in [2.24, 2.45) is 5.41 Å². The smallest absolute Gasteiger partial charge is 0.303 e. The third-order valence-electron chi connectivity index (χ3n) is 6.36. The number of nitrogens with one attached hydrogen (secondary N) is 1. The molecule has 0 aromatic heterocycles. The van der Waals surface area contributed by atoms with Crippen LogP contribution in [0.5, 0.6) is 11.5 Å². The summed E-state index contributed by atoms with van der Waals surface area (Å²) in [7, 11) is 1.58. The Morgan fingerprint density at radius 2 is 1.82 bits per heavy atom. The number of ether oxygens (including phenoxy) is 3. The number of carbonyl (C=O) groups excluding carboxylic acids is 1. The molecule has 1 aliphatic rings. The molecular formula is C28H30FNO4. The molecule has 0 unspecified atom stereocenters. The van der Waals surface area contributed by atoms with E-state index in [1.165, 1.54) is 13.0 Å². The van der Waals surface area contributed by atoms with E-state index in [4.69, 9.17) is 14.2 Å². The van der Waals surface area contributed by atoms with E-state index in [1.54, 1.807) is 25.3 Å². The van der Waals surface area contributed by atoms with Crippen molar-refractivity contribution in [3.05, 3.63) is 88.7 Å². The van der Waals surface area contributed by atoms with E-state index in [2.05, 4.69) is 25.2 Å². The molecule has 1 heterocycles. The zero-order chi connectivity index (χ0) is 24.5. The first-order chi connectivity index (χ1) is 16.2. The summed E-state index contributed by atoms with van der Waals surface area (Å²) in [6.45, 7) is 7.61. The zero-order valence-corrected chi connectivity index (χ0v) is 20.1. The van der Waals surface area contributed by atoms with Crippen molar-refractivity contribution in [3.63, 3.8) is 0 Å². The molecule has 0 radical (unpaired) electrons. The molecule has 0 fully saturated rings. The highest BCUT2D eigenvalue weighted by atomic mass is 19.1. The molecule has 0 saturated carbocycles. The molecule has 34 heavy (non-hydrogen) atoms. The van der Waals surface area contributed by atoms with Crippen molar-refractivity contribution in [2.75, 3.05) is 12.4 Å². The first-order valence-electron chi connectivity index (χ1n) is 11.3. The highest BCUT2D eigenvalue weighted by molar-refractivity contribution is 5.68. The van der Waals surface area contributed by atoms with Crippen LogP contribution in [-0.4, -0.2) is 13.1 Å². The summed E-state index contributed by atoms with van der Waals surface area (Å²) in [6, 6.07) is 18.0. The lowest BCUT2D eigenvalue weighted by atomic mass is 9.70. The number of methoxy groups -OCH3 is 1. The Kier molecular flexibility index (Phi) is 6.51. The van der Waals surface area contributed by atoms with Gasteiger partial charge in [0.2, 0.25) is 0 Å². The summed E-state index contributed by atoms with van der Waals surface area (Å²) in [5.41, 5.74) is 3.66. The van der Waals surface area contributed by atoms with Gasteiger partial charge in [-0.05, 0) is 25.1 Å². The van der Waals surface area contributed by atoms with Crippen LogP contribution in [0.2, 0.25) is 0 Å². The molecule has 3 aromatic rings. The zero-order valence-electron chi connectivity index (χ0n) is 20.1. The van der Waals surface area contributed by atoms with E-state index in [0.29, 0.717) is 17.1 Å². The average molecular weight is 464 g/mol. The minimum Gasteiger partial charge on any atom is -0.493 e. The van der Waals surface area contributed by atoms with Crippen LogP contribution in [0.1, 0.15) is 55.2 Å². The fourth-order valence-electron chi connectivity index (χ4n) is 4.62. The molecule has 0 spiro atoms. The normalized spacial score (nSPS) is 18.4. The van der Waals surface area contributed by atoms with Gasteiger partial charge in [0.1, 0.15) is 18.5 Å². The Bertz CT molecular complexity index is 1210. The number of rotatable bonds is 6. The molecule has 0 amide bonds. The van der Waals surface area contributed by atoms with Gasteiger partial charge in [-0.1, -0.05) is 61.9 Å². The minimum absolute atomic E-state index is 0.0519. The van der Waals surface area contributed by atoms with E-state index >= 15 is 0 Å². The van der Waals surface area contributed by atoms with Gasteiger partial charge in [-0.2, -0.15) is 0 Å². The topological polar surface area (TPSA) is 56.8 Å². The summed E-state index contributed by atoms with van der Waals surface area (Å²) < 4.78 is 31.9. The Morgan fingerprint density at radius 1 is 1.06 bits per heavy atom. The maximum Gasteiger partial charge on any atom is 0.303 e. The fourth-order valence-corrected chi connectivity index (χ4v) is 4.62. The van der Waals surface area contributed by atoms with Crippen LogP contribution in [0.3, 0.4) is 0 Å². The van der Waals surface area contributed by atoms with Crippen LogP contribution in [0.25, 0.3) is 0 Å². The molecule has 1 aliphatic heterocycles. The van der Waals surface area contributed by atoms with E-state index < -0.39 is 11.5 Å². The third kappa shape index (κ3) is 4.45. The maximum absolute atomic E-state index is 14.3. The van der Waals surface area contributed by atoms with Crippen molar-refractivity contribution < 1.29 is 23.4 Å². The summed E-state index contributed by atoms with van der Waals surface area (Å²) in [6.07, 6.45) is -0.475. The largest absolute Gasteiger partial charge is 0.493 e. The first-order valence-corrected chi connectivity index (χ1v) is 11.3. The number of fused-ring (bicyclic) bond motifs is 1. The average Bonchev–Trinajstić information content (AvgIpc) is 2.80. The van der Waals surface area contributed by atoms with Crippen molar-refractivity contribution in [1.82, 2.24) is 0 Å². The number of aryl methyl sites for hydroxylation is 1. The van der Waals surface area contributed by atoms with Crippen LogP contribution in [0, 0.1) is 18.2 Å². The highest BCUT2D eigenvalue weighted by Gasteiger charge is 2.47. The molecule has 6 heteroatoms. The van der Waals surface area contributed by atoms with Crippen LogP contribution in [-0.2, 0) is 16.1 Å². The number of hydrogen-bond acceptors (Lipinski definition) is 5. The SMILES string of the molecule is COc1cccc([C@H]2Nc3ccc(C)cc3[C@@H](OC(C)=O)C2(C)C)c1OCc1ccccc1F. The first kappa shape index (κ1) is 23.6. The summed E-state index contributed by atoms with van der Waals surface area (Å²) in [5.74, 6) is 0.406. The van der Waals surface area contributed by atoms with Gasteiger partial charge in [0.25, 0.3) is 0 Å². The number of para-hydroxylation sites is 1. The molecule has 0 saturated heterocycles. The number of anilines is 1. The summed E-state index contributed by atoms with van der Waals surface area (Å²) in [5, 5.41) is 3.63. The number of carbonyl (C=O) groups is 1. The second-order valence-corrected chi connectivity index (χ2v) is 9.24. The Morgan fingerprint density at radius 3 is 2.53 bits per heavy atom. The number of hydrogen-bond donors (Lipinski definition) is 1. The lowest BCUT2D eigenvalue weighted by Crippen LogP contribution is -2.40. The number of benzene rings is 3. The van der Waals surface area contributed by atoms with Gasteiger partial charge in [-0.15, -0.1) is 0 Å². The van der Waals surface area contributed by atoms with Gasteiger partial charge in [0.05, 0.1) is 13.2 Å². The molecule has 0 aliphatic carbocycles. The maximum atomic E-state index is 14.3. The van der Waals surface area contributed by atoms with E-state index in [1.807, 2.05) is 37.3 Å². The van der Waals surface area contributed by atoms with Crippen LogP contribution in [0.4, 0.5) is 10.1 Å². The van der Waals surface area contributed by atoms with Gasteiger partial charge in [0.15, 0.2) is 11.5 Å². The molecular weight excluding hydrogens is 433 g/mol. The van der Waals surface area contributed by atoms with Crippen molar-refractivity contribution >= 4 is 11.7 Å². The summed E-state index contributed by atoms with van der Waals surface area (Å²) >= 11 is 0. The number of esters is 1. The number of halogens is 1. The van der Waals surface area contributed by atoms with Gasteiger partial charge in [0, 0.05) is 34.7 Å². The van der Waals surface area contributed by atoms with Gasteiger partial charge in [-0.3, -0.25) is 4.79 Å². The van der Waals surface area contributed by atoms with Crippen LogP contribution < -0.4 is 14.8 Å². The molecule has 3 aromatic carbocycles. The molecule has 5 nitrogen and oxygen atoms in total. The Labute approximate surface area is 199 Å². The van der Waals surface area contributed by atoms with Crippen LogP contribution in [0.15, 0.2) is 60.7 Å². The highest BCUT2D eigenvalue weighted by Crippen LogP contribution is 2.55. The van der Waals surface area contributed by atoms with Crippen LogP contribution >= 0.6 is 0 Å². The van der Waals surface area contributed by atoms with Gasteiger partial charge >= 0.3 is 5.97 Å². The van der Waals surface area contributed by atoms with Crippen molar-refractivity contribution in [2.45, 2.75) is 46.4 Å². The van der Waals surface area contributed by atoms with E-state index in [-0.39, 0.29) is 24.4 Å². The predicted octanol–water partition coefficient (Wildman–Crippen LogP) is 6.52. The second kappa shape index (κ2) is 9.37. The molecule has 178 valence electrons. The minimum atomic E-state index is -0.547. The molecule has 4 rings (SSSR count).